The molecular weight excluding hydrogens is 236 g/mol. The van der Waals surface area contributed by atoms with Crippen molar-refractivity contribution in [3.05, 3.63) is 23.8 Å². The van der Waals surface area contributed by atoms with Crippen LogP contribution in [0, 0.1) is 5.92 Å². The van der Waals surface area contributed by atoms with Crippen molar-refractivity contribution in [1.29, 1.82) is 0 Å². The lowest BCUT2D eigenvalue weighted by Gasteiger charge is -2.10. The summed E-state index contributed by atoms with van der Waals surface area (Å²) < 4.78 is 0. The van der Waals surface area contributed by atoms with Crippen molar-refractivity contribution in [1.82, 2.24) is 0 Å². The fourth-order valence-electron chi connectivity index (χ4n) is 1.40. The number of carboxylic acids is 1. The molecule has 0 aromatic heterocycles. The van der Waals surface area contributed by atoms with Crippen LogP contribution in [-0.4, -0.2) is 28.6 Å². The van der Waals surface area contributed by atoms with Crippen molar-refractivity contribution in [3.63, 3.8) is 0 Å². The van der Waals surface area contributed by atoms with Gasteiger partial charge in [0.15, 0.2) is 0 Å². The van der Waals surface area contributed by atoms with Crippen LogP contribution in [0.5, 0.6) is 5.75 Å². The summed E-state index contributed by atoms with van der Waals surface area (Å²) in [6.45, 7) is 2.27. The highest BCUT2D eigenvalue weighted by Gasteiger charge is 2.12. The summed E-state index contributed by atoms with van der Waals surface area (Å²) in [6, 6.07) is 3.86. The van der Waals surface area contributed by atoms with E-state index in [1.54, 1.807) is 0 Å². The summed E-state index contributed by atoms with van der Waals surface area (Å²) in [5.41, 5.74) is 5.55. The molecule has 0 aliphatic carbocycles. The molecule has 1 aromatic rings. The molecule has 0 heterocycles. The predicted molar refractivity (Wildman–Crippen MR) is 66.5 cm³/mol. The lowest BCUT2D eigenvalue weighted by atomic mass is 10.1. The zero-order chi connectivity index (χ0) is 13.7. The average molecular weight is 252 g/mol. The Morgan fingerprint density at radius 2 is 2.11 bits per heavy atom. The summed E-state index contributed by atoms with van der Waals surface area (Å²) in [5, 5.41) is 20.7. The fraction of sp³-hybridized carbons (Fsp3) is 0.333. The maximum atomic E-state index is 11.5. The number of amides is 1. The van der Waals surface area contributed by atoms with E-state index in [1.807, 2.05) is 6.92 Å². The Morgan fingerprint density at radius 1 is 1.44 bits per heavy atom. The molecule has 0 spiro atoms. The van der Waals surface area contributed by atoms with Crippen LogP contribution in [0.3, 0.4) is 0 Å². The summed E-state index contributed by atoms with van der Waals surface area (Å²) in [4.78, 5) is 22.2. The van der Waals surface area contributed by atoms with Crippen LogP contribution in [0.25, 0.3) is 0 Å². The number of aromatic hydroxyl groups is 1. The number of nitrogens with two attached hydrogens (primary N) is 1. The number of carbonyl (C=O) groups excluding carboxylic acids is 1. The van der Waals surface area contributed by atoms with Gasteiger partial charge in [0.2, 0.25) is 5.91 Å². The van der Waals surface area contributed by atoms with Crippen LogP contribution >= 0.6 is 0 Å². The number of carbonyl (C=O) groups is 2. The zero-order valence-electron chi connectivity index (χ0n) is 10.0. The summed E-state index contributed by atoms with van der Waals surface area (Å²) in [6.07, 6.45) is 0.276. The third-order valence-electron chi connectivity index (χ3n) is 2.45. The van der Waals surface area contributed by atoms with Gasteiger partial charge in [-0.05, 0) is 24.6 Å². The van der Waals surface area contributed by atoms with E-state index in [9.17, 15) is 14.7 Å². The zero-order valence-corrected chi connectivity index (χ0v) is 10.0. The number of hydrogen-bond acceptors (Lipinski definition) is 4. The Morgan fingerprint density at radius 3 is 2.61 bits per heavy atom. The van der Waals surface area contributed by atoms with Crippen LogP contribution in [0.1, 0.15) is 23.7 Å². The number of rotatable bonds is 5. The summed E-state index contributed by atoms with van der Waals surface area (Å²) >= 11 is 0. The maximum Gasteiger partial charge on any atom is 0.339 e. The fourth-order valence-corrected chi connectivity index (χ4v) is 1.40. The largest absolute Gasteiger partial charge is 0.507 e. The molecule has 0 bridgehead atoms. The maximum absolute atomic E-state index is 11.5. The molecular formula is C12H16N2O4. The van der Waals surface area contributed by atoms with E-state index in [-0.39, 0.29) is 29.6 Å². The molecule has 0 aliphatic rings. The van der Waals surface area contributed by atoms with E-state index in [1.165, 1.54) is 18.2 Å². The monoisotopic (exact) mass is 252 g/mol. The molecule has 6 heteroatoms. The minimum absolute atomic E-state index is 0.0666. The van der Waals surface area contributed by atoms with Crippen molar-refractivity contribution in [2.24, 2.45) is 11.7 Å². The van der Waals surface area contributed by atoms with Crippen LogP contribution in [0.15, 0.2) is 18.2 Å². The van der Waals surface area contributed by atoms with E-state index in [0.717, 1.165) is 0 Å². The lowest BCUT2D eigenvalue weighted by Crippen LogP contribution is -2.20. The lowest BCUT2D eigenvalue weighted by molar-refractivity contribution is -0.116. The third kappa shape index (κ3) is 3.74. The topological polar surface area (TPSA) is 113 Å². The number of benzene rings is 1. The van der Waals surface area contributed by atoms with Gasteiger partial charge in [-0.2, -0.15) is 0 Å². The van der Waals surface area contributed by atoms with Crippen LogP contribution in [0.2, 0.25) is 0 Å². The standard InChI is InChI=1S/C12H16N2O4/c1-7(6-13)4-11(16)14-8-2-3-9(12(17)18)10(15)5-8/h2-3,5,7,15H,4,6,13H2,1H3,(H,14,16)(H,17,18). The molecule has 18 heavy (non-hydrogen) atoms. The van der Waals surface area contributed by atoms with Crippen LogP contribution in [0.4, 0.5) is 5.69 Å². The molecule has 1 atom stereocenters. The minimum Gasteiger partial charge on any atom is -0.507 e. The normalized spacial score (nSPS) is 11.9. The number of nitrogens with one attached hydrogen (secondary N) is 1. The average Bonchev–Trinajstić information content (AvgIpc) is 2.28. The molecule has 1 unspecified atom stereocenters. The Hall–Kier alpha value is -2.08. The minimum atomic E-state index is -1.22. The van der Waals surface area contributed by atoms with E-state index < -0.39 is 5.97 Å². The Balaban J connectivity index is 2.72. The molecule has 0 saturated carbocycles. The molecule has 0 aliphatic heterocycles. The smallest absolute Gasteiger partial charge is 0.339 e. The molecule has 1 amide bonds. The van der Waals surface area contributed by atoms with Gasteiger partial charge in [0.25, 0.3) is 0 Å². The van der Waals surface area contributed by atoms with Gasteiger partial charge >= 0.3 is 5.97 Å². The van der Waals surface area contributed by atoms with E-state index in [4.69, 9.17) is 10.8 Å². The van der Waals surface area contributed by atoms with Gasteiger partial charge in [0, 0.05) is 18.2 Å². The van der Waals surface area contributed by atoms with Gasteiger partial charge in [-0.1, -0.05) is 6.92 Å². The second kappa shape index (κ2) is 6.02. The number of anilines is 1. The van der Waals surface area contributed by atoms with Crippen LogP contribution < -0.4 is 11.1 Å². The molecule has 5 N–H and O–H groups in total. The first kappa shape index (κ1) is 14.0. The van der Waals surface area contributed by atoms with Gasteiger partial charge in [-0.25, -0.2) is 4.79 Å². The molecule has 0 radical (unpaired) electrons. The highest BCUT2D eigenvalue weighted by atomic mass is 16.4. The highest BCUT2D eigenvalue weighted by molar-refractivity contribution is 5.94. The second-order valence-corrected chi connectivity index (χ2v) is 4.13. The first-order valence-corrected chi connectivity index (χ1v) is 5.50. The number of phenols is 1. The summed E-state index contributed by atoms with van der Waals surface area (Å²) in [5.74, 6) is -1.76. The van der Waals surface area contributed by atoms with Crippen molar-refractivity contribution in [2.75, 3.05) is 11.9 Å². The predicted octanol–water partition coefficient (Wildman–Crippen LogP) is 1.01. The molecule has 98 valence electrons. The third-order valence-corrected chi connectivity index (χ3v) is 2.45. The van der Waals surface area contributed by atoms with Crippen LogP contribution in [-0.2, 0) is 4.79 Å². The van der Waals surface area contributed by atoms with E-state index in [2.05, 4.69) is 5.32 Å². The molecule has 0 saturated heterocycles. The molecule has 1 aromatic carbocycles. The van der Waals surface area contributed by atoms with Gasteiger partial charge < -0.3 is 21.3 Å². The van der Waals surface area contributed by atoms with Gasteiger partial charge in [-0.3, -0.25) is 4.79 Å². The van der Waals surface area contributed by atoms with Gasteiger partial charge in [0.05, 0.1) is 0 Å². The van der Waals surface area contributed by atoms with Crippen molar-refractivity contribution < 1.29 is 19.8 Å². The Bertz CT molecular complexity index is 459. The second-order valence-electron chi connectivity index (χ2n) is 4.13. The van der Waals surface area contributed by atoms with E-state index in [0.29, 0.717) is 12.2 Å². The quantitative estimate of drug-likeness (QED) is 0.624. The van der Waals surface area contributed by atoms with Crippen molar-refractivity contribution in [3.8, 4) is 5.75 Å². The molecule has 1 rings (SSSR count). The Labute approximate surface area is 104 Å². The Kier molecular flexibility index (Phi) is 4.67. The van der Waals surface area contributed by atoms with Gasteiger partial charge in [0.1, 0.15) is 11.3 Å². The van der Waals surface area contributed by atoms with Crippen molar-refractivity contribution in [2.45, 2.75) is 13.3 Å². The van der Waals surface area contributed by atoms with Crippen molar-refractivity contribution >= 4 is 17.6 Å². The number of aromatic carboxylic acids is 1. The number of hydrogen-bond donors (Lipinski definition) is 4. The SMILES string of the molecule is CC(CN)CC(=O)Nc1ccc(C(=O)O)c(O)c1. The molecule has 0 fully saturated rings. The number of carboxylic acid groups (broad SMARTS) is 1. The van der Waals surface area contributed by atoms with Gasteiger partial charge in [-0.15, -0.1) is 0 Å². The summed E-state index contributed by atoms with van der Waals surface area (Å²) in [7, 11) is 0. The van der Waals surface area contributed by atoms with E-state index >= 15 is 0 Å². The highest BCUT2D eigenvalue weighted by Crippen LogP contribution is 2.22. The first-order chi connectivity index (χ1) is 8.43. The molecule has 6 nitrogen and oxygen atoms in total. The first-order valence-electron chi connectivity index (χ1n) is 5.50.